The largest absolute Gasteiger partial charge is 0.480 e. The molecule has 0 bridgehead atoms. The summed E-state index contributed by atoms with van der Waals surface area (Å²) in [7, 11) is -3.99. The molecule has 0 aromatic heterocycles. The Labute approximate surface area is 128 Å². The van der Waals surface area contributed by atoms with E-state index in [0.29, 0.717) is 6.42 Å². The van der Waals surface area contributed by atoms with E-state index < -0.39 is 45.8 Å². The number of nitrogens with one attached hydrogen (secondary N) is 2. The summed E-state index contributed by atoms with van der Waals surface area (Å²) < 4.78 is 25.8. The Morgan fingerprint density at radius 1 is 1.41 bits per heavy atom. The second kappa shape index (κ2) is 5.51. The minimum absolute atomic E-state index is 0.0780. The fourth-order valence-corrected chi connectivity index (χ4v) is 4.49. The van der Waals surface area contributed by atoms with Gasteiger partial charge in [0.1, 0.15) is 12.1 Å². The molecular formula is C12H19N3O6S. The summed E-state index contributed by atoms with van der Waals surface area (Å²) in [5.41, 5.74) is -0.270. The maximum atomic E-state index is 12.5. The lowest BCUT2D eigenvalue weighted by Crippen LogP contribution is -2.54. The summed E-state index contributed by atoms with van der Waals surface area (Å²) in [6.07, 6.45) is 0.726. The lowest BCUT2D eigenvalue weighted by atomic mass is 9.80. The first-order valence-electron chi connectivity index (χ1n) is 6.85. The molecule has 2 fully saturated rings. The van der Waals surface area contributed by atoms with Crippen LogP contribution in [0.3, 0.4) is 0 Å². The highest BCUT2D eigenvalue weighted by Crippen LogP contribution is 2.35. The Balaban J connectivity index is 2.19. The number of urea groups is 1. The standard InChI is InChI=1S/C12H19N3O6S/c1-12(2)3-4-15(8(5-12)10(17)18)22(20,21)6-7-9(16)14-11(19)13-7/h7-8H,3-6H2,1-2H3,(H,17,18)(H2,13,14,16,19)/t7-,8?/m0/s1. The molecule has 9 nitrogen and oxygen atoms in total. The van der Waals surface area contributed by atoms with Crippen LogP contribution in [-0.2, 0) is 19.6 Å². The molecule has 2 saturated heterocycles. The zero-order chi connectivity index (χ0) is 16.7. The maximum Gasteiger partial charge on any atom is 0.322 e. The smallest absolute Gasteiger partial charge is 0.322 e. The molecule has 2 atom stereocenters. The number of carboxylic acid groups (broad SMARTS) is 1. The van der Waals surface area contributed by atoms with Gasteiger partial charge in [-0.25, -0.2) is 13.2 Å². The number of carbonyl (C=O) groups is 3. The lowest BCUT2D eigenvalue weighted by molar-refractivity contribution is -0.143. The van der Waals surface area contributed by atoms with Crippen LogP contribution in [0.4, 0.5) is 4.79 Å². The molecule has 0 saturated carbocycles. The number of carboxylic acids is 1. The van der Waals surface area contributed by atoms with Crippen molar-refractivity contribution < 1.29 is 27.9 Å². The second-order valence-corrected chi connectivity index (χ2v) is 8.34. The number of imide groups is 1. The molecule has 2 rings (SSSR count). The van der Waals surface area contributed by atoms with Crippen LogP contribution >= 0.6 is 0 Å². The minimum Gasteiger partial charge on any atom is -0.480 e. The molecule has 124 valence electrons. The van der Waals surface area contributed by atoms with Gasteiger partial charge in [-0.15, -0.1) is 0 Å². The van der Waals surface area contributed by atoms with Gasteiger partial charge in [-0.3, -0.25) is 14.9 Å². The highest BCUT2D eigenvalue weighted by molar-refractivity contribution is 7.89. The van der Waals surface area contributed by atoms with Gasteiger partial charge in [-0.05, 0) is 18.3 Å². The number of amides is 3. The monoisotopic (exact) mass is 333 g/mol. The van der Waals surface area contributed by atoms with Crippen LogP contribution in [0.25, 0.3) is 0 Å². The van der Waals surface area contributed by atoms with Crippen molar-refractivity contribution in [1.82, 2.24) is 14.9 Å². The average Bonchev–Trinajstić information content (AvgIpc) is 2.65. The third kappa shape index (κ3) is 3.38. The van der Waals surface area contributed by atoms with E-state index >= 15 is 0 Å². The number of hydrogen-bond acceptors (Lipinski definition) is 5. The molecule has 2 heterocycles. The van der Waals surface area contributed by atoms with E-state index in [-0.39, 0.29) is 18.4 Å². The molecule has 3 N–H and O–H groups in total. The summed E-state index contributed by atoms with van der Waals surface area (Å²) in [6, 6.07) is -3.10. The van der Waals surface area contributed by atoms with Gasteiger partial charge in [0.15, 0.2) is 0 Å². The third-order valence-electron chi connectivity index (χ3n) is 3.98. The van der Waals surface area contributed by atoms with E-state index in [0.717, 1.165) is 4.31 Å². The van der Waals surface area contributed by atoms with Crippen molar-refractivity contribution in [2.75, 3.05) is 12.3 Å². The fourth-order valence-electron chi connectivity index (χ4n) is 2.72. The van der Waals surface area contributed by atoms with Crippen molar-refractivity contribution in [1.29, 1.82) is 0 Å². The van der Waals surface area contributed by atoms with E-state index in [9.17, 15) is 27.9 Å². The predicted octanol–water partition coefficient (Wildman–Crippen LogP) is -0.901. The highest BCUT2D eigenvalue weighted by atomic mass is 32.2. The summed E-state index contributed by atoms with van der Waals surface area (Å²) in [6.45, 7) is 3.85. The van der Waals surface area contributed by atoms with Gasteiger partial charge in [0.25, 0.3) is 5.91 Å². The summed E-state index contributed by atoms with van der Waals surface area (Å²) >= 11 is 0. The first-order valence-corrected chi connectivity index (χ1v) is 8.46. The number of carbonyl (C=O) groups excluding carboxylic acids is 2. The van der Waals surface area contributed by atoms with Gasteiger partial charge in [0.05, 0.1) is 5.75 Å². The van der Waals surface area contributed by atoms with Crippen LogP contribution < -0.4 is 10.6 Å². The summed E-state index contributed by atoms with van der Waals surface area (Å²) in [4.78, 5) is 33.9. The SMILES string of the molecule is CC1(C)CCN(S(=O)(=O)C[C@@H]2NC(=O)NC2=O)C(C(=O)O)C1. The molecule has 0 radical (unpaired) electrons. The molecular weight excluding hydrogens is 314 g/mol. The van der Waals surface area contributed by atoms with Gasteiger partial charge >= 0.3 is 12.0 Å². The van der Waals surface area contributed by atoms with Crippen molar-refractivity contribution in [2.45, 2.75) is 38.8 Å². The minimum atomic E-state index is -3.99. The van der Waals surface area contributed by atoms with E-state index in [1.165, 1.54) is 0 Å². The van der Waals surface area contributed by atoms with Crippen LogP contribution in [-0.4, -0.2) is 60.1 Å². The van der Waals surface area contributed by atoms with E-state index in [1.54, 1.807) is 0 Å². The number of hydrogen-bond donors (Lipinski definition) is 3. The second-order valence-electron chi connectivity index (χ2n) is 6.38. The lowest BCUT2D eigenvalue weighted by Gasteiger charge is -2.40. The Kier molecular flexibility index (Phi) is 4.18. The molecule has 0 aromatic rings. The molecule has 3 amide bonds. The Morgan fingerprint density at radius 3 is 2.55 bits per heavy atom. The van der Waals surface area contributed by atoms with Crippen LogP contribution in [0.15, 0.2) is 0 Å². The van der Waals surface area contributed by atoms with Crippen LogP contribution in [0.1, 0.15) is 26.7 Å². The van der Waals surface area contributed by atoms with Gasteiger partial charge in [0.2, 0.25) is 10.0 Å². The van der Waals surface area contributed by atoms with Crippen LogP contribution in [0.5, 0.6) is 0 Å². The zero-order valence-corrected chi connectivity index (χ0v) is 13.1. The van der Waals surface area contributed by atoms with Gasteiger partial charge in [-0.2, -0.15) is 4.31 Å². The topological polar surface area (TPSA) is 133 Å². The predicted molar refractivity (Wildman–Crippen MR) is 75.4 cm³/mol. The zero-order valence-electron chi connectivity index (χ0n) is 12.3. The molecule has 0 aromatic carbocycles. The molecule has 1 unspecified atom stereocenters. The summed E-state index contributed by atoms with van der Waals surface area (Å²) in [5, 5.41) is 13.5. The normalized spacial score (nSPS) is 29.0. The number of piperidine rings is 1. The van der Waals surface area contributed by atoms with Crippen LogP contribution in [0.2, 0.25) is 0 Å². The van der Waals surface area contributed by atoms with E-state index in [2.05, 4.69) is 5.32 Å². The molecule has 2 aliphatic rings. The quantitative estimate of drug-likeness (QED) is 0.571. The highest BCUT2D eigenvalue weighted by Gasteiger charge is 2.45. The Hall–Kier alpha value is -1.68. The number of rotatable bonds is 4. The van der Waals surface area contributed by atoms with Gasteiger partial charge in [0, 0.05) is 6.54 Å². The average molecular weight is 333 g/mol. The first-order chi connectivity index (χ1) is 10.0. The number of aliphatic carboxylic acids is 1. The van der Waals surface area contributed by atoms with Crippen molar-refractivity contribution in [2.24, 2.45) is 5.41 Å². The van der Waals surface area contributed by atoms with E-state index in [4.69, 9.17) is 0 Å². The molecule has 10 heteroatoms. The number of sulfonamides is 1. The molecule has 0 spiro atoms. The van der Waals surface area contributed by atoms with Crippen molar-refractivity contribution in [3.05, 3.63) is 0 Å². The maximum absolute atomic E-state index is 12.5. The van der Waals surface area contributed by atoms with Crippen molar-refractivity contribution in [3.63, 3.8) is 0 Å². The first kappa shape index (κ1) is 16.7. The molecule has 22 heavy (non-hydrogen) atoms. The fraction of sp³-hybridized carbons (Fsp3) is 0.750. The Bertz CT molecular complexity index is 614. The van der Waals surface area contributed by atoms with Crippen molar-refractivity contribution >= 4 is 27.9 Å². The van der Waals surface area contributed by atoms with Gasteiger partial charge < -0.3 is 10.4 Å². The number of nitrogens with zero attached hydrogens (tertiary/aromatic N) is 1. The molecule has 0 aliphatic carbocycles. The van der Waals surface area contributed by atoms with E-state index in [1.807, 2.05) is 19.2 Å². The molecule has 2 aliphatic heterocycles. The Morgan fingerprint density at radius 2 is 2.05 bits per heavy atom. The third-order valence-corrected chi connectivity index (χ3v) is 5.89. The van der Waals surface area contributed by atoms with Gasteiger partial charge in [-0.1, -0.05) is 13.8 Å². The summed E-state index contributed by atoms with van der Waals surface area (Å²) in [5.74, 6) is -2.58. The van der Waals surface area contributed by atoms with Crippen molar-refractivity contribution in [3.8, 4) is 0 Å². The van der Waals surface area contributed by atoms with Crippen LogP contribution in [0, 0.1) is 5.41 Å².